The highest BCUT2D eigenvalue weighted by Gasteiger charge is 2.22. The molecule has 3 N–H and O–H groups in total. The maximum Gasteiger partial charge on any atom is 0.291 e. The van der Waals surface area contributed by atoms with Gasteiger partial charge in [-0.2, -0.15) is 0 Å². The molecule has 0 spiro atoms. The van der Waals surface area contributed by atoms with E-state index in [1.807, 2.05) is 0 Å². The molecule has 3 aromatic rings. The van der Waals surface area contributed by atoms with Crippen molar-refractivity contribution in [3.8, 4) is 40.1 Å². The second-order valence-corrected chi connectivity index (χ2v) is 6.83. The molecule has 180 valence electrons. The summed E-state index contributed by atoms with van der Waals surface area (Å²) in [5, 5.41) is 15.5. The van der Waals surface area contributed by atoms with E-state index in [9.17, 15) is 9.59 Å². The van der Waals surface area contributed by atoms with Crippen LogP contribution in [0.2, 0.25) is 0 Å². The number of methoxy groups -OCH3 is 4. The van der Waals surface area contributed by atoms with Crippen molar-refractivity contribution >= 4 is 11.8 Å². The first-order valence-electron chi connectivity index (χ1n) is 10.1. The predicted molar refractivity (Wildman–Crippen MR) is 120 cm³/mol. The van der Waals surface area contributed by atoms with Crippen LogP contribution in [0.25, 0.3) is 17.1 Å². The van der Waals surface area contributed by atoms with Gasteiger partial charge in [0, 0.05) is 24.6 Å². The Hall–Kier alpha value is -4.32. The van der Waals surface area contributed by atoms with Gasteiger partial charge in [-0.25, -0.2) is 15.1 Å². The normalized spacial score (nSPS) is 10.4. The highest BCUT2D eigenvalue weighted by Crippen LogP contribution is 2.41. The van der Waals surface area contributed by atoms with Crippen molar-refractivity contribution in [2.45, 2.75) is 6.42 Å². The minimum atomic E-state index is -0.631. The summed E-state index contributed by atoms with van der Waals surface area (Å²) in [7, 11) is 6.03. The minimum absolute atomic E-state index is 0.0154. The predicted octanol–water partition coefficient (Wildman–Crippen LogP) is 1.59. The van der Waals surface area contributed by atoms with Gasteiger partial charge in [0.2, 0.25) is 17.5 Å². The number of carbonyl (C=O) groups is 2. The number of nitrogens with zero attached hydrogens (tertiary/aromatic N) is 3. The summed E-state index contributed by atoms with van der Waals surface area (Å²) in [6.07, 6.45) is -0.113. The second kappa shape index (κ2) is 11.0. The number of hydrogen-bond acceptors (Lipinski definition) is 9. The maximum absolute atomic E-state index is 12.7. The van der Waals surface area contributed by atoms with Crippen LogP contribution in [0.1, 0.15) is 17.0 Å². The van der Waals surface area contributed by atoms with E-state index in [0.717, 1.165) is 0 Å². The van der Waals surface area contributed by atoms with Gasteiger partial charge in [-0.15, -0.1) is 5.10 Å². The molecule has 0 bridgehead atoms. The van der Waals surface area contributed by atoms with Gasteiger partial charge in [0.1, 0.15) is 5.75 Å². The molecule has 12 nitrogen and oxygen atoms in total. The lowest BCUT2D eigenvalue weighted by atomic mass is 10.1. The Labute approximate surface area is 195 Å². The monoisotopic (exact) mass is 471 g/mol. The molecule has 0 aliphatic rings. The molecule has 1 heterocycles. The molecule has 0 saturated heterocycles. The van der Waals surface area contributed by atoms with Gasteiger partial charge >= 0.3 is 0 Å². The van der Waals surface area contributed by atoms with Crippen molar-refractivity contribution in [3.63, 3.8) is 0 Å². The van der Waals surface area contributed by atoms with Crippen LogP contribution in [0.5, 0.6) is 23.0 Å². The number of amides is 2. The number of hydrogen-bond donors (Lipinski definition) is 3. The van der Waals surface area contributed by atoms with Crippen LogP contribution < -0.4 is 29.7 Å². The van der Waals surface area contributed by atoms with E-state index >= 15 is 0 Å². The van der Waals surface area contributed by atoms with Crippen molar-refractivity contribution in [1.29, 1.82) is 0 Å². The van der Waals surface area contributed by atoms with E-state index in [2.05, 4.69) is 15.4 Å². The Morgan fingerprint density at radius 2 is 1.71 bits per heavy atom. The quantitative estimate of drug-likeness (QED) is 0.296. The Morgan fingerprint density at radius 3 is 2.29 bits per heavy atom. The average Bonchev–Trinajstić information content (AvgIpc) is 3.33. The van der Waals surface area contributed by atoms with E-state index < -0.39 is 11.8 Å². The molecule has 1 aromatic heterocycles. The molecule has 0 fully saturated rings. The molecule has 0 atom stereocenters. The largest absolute Gasteiger partial charge is 0.497 e. The second-order valence-electron chi connectivity index (χ2n) is 6.83. The lowest BCUT2D eigenvalue weighted by Gasteiger charge is -2.14. The molecule has 0 radical (unpaired) electrons. The first-order chi connectivity index (χ1) is 16.4. The van der Waals surface area contributed by atoms with Crippen LogP contribution in [0, 0.1) is 0 Å². The van der Waals surface area contributed by atoms with Gasteiger partial charge in [-0.1, -0.05) is 6.07 Å². The number of ether oxygens (including phenoxy) is 4. The third kappa shape index (κ3) is 5.18. The summed E-state index contributed by atoms with van der Waals surface area (Å²) in [5.41, 5.74) is 2.64. The summed E-state index contributed by atoms with van der Waals surface area (Å²) in [6, 6.07) is 10.5. The summed E-state index contributed by atoms with van der Waals surface area (Å²) in [4.78, 5) is 28.3. The summed E-state index contributed by atoms with van der Waals surface area (Å²) < 4.78 is 23.1. The smallest absolute Gasteiger partial charge is 0.291 e. The van der Waals surface area contributed by atoms with Crippen molar-refractivity contribution in [2.24, 2.45) is 0 Å². The van der Waals surface area contributed by atoms with Crippen LogP contribution >= 0.6 is 0 Å². The first kappa shape index (κ1) is 24.3. The number of rotatable bonds is 10. The van der Waals surface area contributed by atoms with Gasteiger partial charge in [-0.05, 0) is 24.3 Å². The number of benzene rings is 2. The lowest BCUT2D eigenvalue weighted by molar-refractivity contribution is -0.129. The SMILES string of the molecule is COc1cccc(-n2nc(C(=O)NCCC(=O)NO)nc2-c2cc(OC)c(OC)c(OC)c2)c1. The van der Waals surface area contributed by atoms with Crippen molar-refractivity contribution in [2.75, 3.05) is 35.0 Å². The fourth-order valence-electron chi connectivity index (χ4n) is 3.15. The third-order valence-corrected chi connectivity index (χ3v) is 4.79. The highest BCUT2D eigenvalue weighted by atomic mass is 16.5. The van der Waals surface area contributed by atoms with E-state index in [1.54, 1.807) is 43.5 Å². The zero-order chi connectivity index (χ0) is 24.7. The third-order valence-electron chi connectivity index (χ3n) is 4.79. The Bertz CT molecular complexity index is 1150. The van der Waals surface area contributed by atoms with Crippen LogP contribution in [0.15, 0.2) is 36.4 Å². The van der Waals surface area contributed by atoms with Gasteiger partial charge in [0.05, 0.1) is 34.1 Å². The summed E-state index contributed by atoms with van der Waals surface area (Å²) in [6.45, 7) is -0.0154. The molecule has 0 unspecified atom stereocenters. The van der Waals surface area contributed by atoms with Crippen LogP contribution in [-0.2, 0) is 4.79 Å². The molecule has 2 aromatic carbocycles. The van der Waals surface area contributed by atoms with Crippen LogP contribution in [0.3, 0.4) is 0 Å². The van der Waals surface area contributed by atoms with Crippen LogP contribution in [0.4, 0.5) is 0 Å². The number of hydroxylamine groups is 1. The van der Waals surface area contributed by atoms with E-state index in [1.165, 1.54) is 31.5 Å². The molecule has 3 rings (SSSR count). The topological polar surface area (TPSA) is 146 Å². The van der Waals surface area contributed by atoms with Crippen molar-refractivity contribution in [1.82, 2.24) is 25.6 Å². The minimum Gasteiger partial charge on any atom is -0.497 e. The Kier molecular flexibility index (Phi) is 7.88. The number of nitrogens with one attached hydrogen (secondary N) is 2. The summed E-state index contributed by atoms with van der Waals surface area (Å²) >= 11 is 0. The standard InChI is InChI=1S/C22H25N5O7/c1-31-15-7-5-6-14(12-15)27-21(13-10-16(32-2)19(34-4)17(11-13)33-3)24-20(25-27)22(29)23-9-8-18(28)26-30/h5-7,10-12,30H,8-9H2,1-4H3,(H,23,29)(H,26,28). The fraction of sp³-hybridized carbons (Fsp3) is 0.273. The molecule has 0 aliphatic heterocycles. The molecule has 2 amide bonds. The Balaban J connectivity index is 2.10. The van der Waals surface area contributed by atoms with Gasteiger partial charge < -0.3 is 24.3 Å². The van der Waals surface area contributed by atoms with E-state index in [-0.39, 0.29) is 18.8 Å². The zero-order valence-electron chi connectivity index (χ0n) is 19.1. The average molecular weight is 471 g/mol. The first-order valence-corrected chi connectivity index (χ1v) is 10.1. The van der Waals surface area contributed by atoms with Gasteiger partial charge in [0.25, 0.3) is 5.91 Å². The molecule has 0 saturated carbocycles. The molecular weight excluding hydrogens is 446 g/mol. The Morgan fingerprint density at radius 1 is 1.00 bits per heavy atom. The van der Waals surface area contributed by atoms with E-state index in [4.69, 9.17) is 24.2 Å². The van der Waals surface area contributed by atoms with Gasteiger partial charge in [-0.3, -0.25) is 14.8 Å². The molecule has 12 heteroatoms. The highest BCUT2D eigenvalue weighted by molar-refractivity contribution is 5.91. The molecule has 0 aliphatic carbocycles. The van der Waals surface area contributed by atoms with Crippen LogP contribution in [-0.4, -0.2) is 66.8 Å². The van der Waals surface area contributed by atoms with Crippen molar-refractivity contribution in [3.05, 3.63) is 42.2 Å². The lowest BCUT2D eigenvalue weighted by Crippen LogP contribution is -2.30. The van der Waals surface area contributed by atoms with Gasteiger partial charge in [0.15, 0.2) is 17.3 Å². The molecule has 34 heavy (non-hydrogen) atoms. The molecular formula is C22H25N5O7. The fourth-order valence-corrected chi connectivity index (χ4v) is 3.15. The zero-order valence-corrected chi connectivity index (χ0v) is 19.1. The van der Waals surface area contributed by atoms with E-state index in [0.29, 0.717) is 40.1 Å². The number of aromatic nitrogens is 3. The summed E-state index contributed by atoms with van der Waals surface area (Å²) in [5.74, 6) is 0.762. The van der Waals surface area contributed by atoms with Crippen molar-refractivity contribution < 1.29 is 33.7 Å². The number of carbonyl (C=O) groups excluding carboxylic acids is 2. The maximum atomic E-state index is 12.7.